The summed E-state index contributed by atoms with van der Waals surface area (Å²) in [6.07, 6.45) is 5.67. The number of carbonyl (C=O) groups excluding carboxylic acids is 2. The van der Waals surface area contributed by atoms with Crippen molar-refractivity contribution in [1.29, 1.82) is 0 Å². The maximum atomic E-state index is 11.7. The van der Waals surface area contributed by atoms with Crippen molar-refractivity contribution < 1.29 is 19.4 Å². The molecule has 0 aromatic rings. The van der Waals surface area contributed by atoms with Crippen molar-refractivity contribution in [3.63, 3.8) is 0 Å². The summed E-state index contributed by atoms with van der Waals surface area (Å²) in [6, 6.07) is -0.397. The van der Waals surface area contributed by atoms with Gasteiger partial charge in [0.25, 0.3) is 0 Å². The number of allylic oxidation sites excluding steroid dienone is 1. The lowest BCUT2D eigenvalue weighted by molar-refractivity contribution is -0.120. The number of hydrogen-bond acceptors (Lipinski definition) is 4. The SMILES string of the molecule is CC(C)(C)OC(=O)NCC(=O)N[C@@H](C=C1CCCC1)CO. The number of nitrogens with one attached hydrogen (secondary N) is 2. The van der Waals surface area contributed by atoms with Crippen LogP contribution in [0.4, 0.5) is 4.79 Å². The molecular weight excluding hydrogens is 272 g/mol. The number of amides is 2. The fraction of sp³-hybridized carbons (Fsp3) is 0.733. The molecule has 0 saturated heterocycles. The van der Waals surface area contributed by atoms with Crippen molar-refractivity contribution in [2.75, 3.05) is 13.2 Å². The molecule has 21 heavy (non-hydrogen) atoms. The summed E-state index contributed by atoms with van der Waals surface area (Å²) in [5, 5.41) is 14.4. The second-order valence-corrected chi connectivity index (χ2v) is 6.24. The van der Waals surface area contributed by atoms with E-state index >= 15 is 0 Å². The normalized spacial score (nSPS) is 16.3. The van der Waals surface area contributed by atoms with Crippen molar-refractivity contribution in [2.24, 2.45) is 0 Å². The number of hydrogen-bond donors (Lipinski definition) is 3. The minimum atomic E-state index is -0.632. The van der Waals surface area contributed by atoms with E-state index in [1.165, 1.54) is 5.57 Å². The lowest BCUT2D eigenvalue weighted by atomic mass is 10.1. The van der Waals surface area contributed by atoms with E-state index in [0.29, 0.717) is 0 Å². The Morgan fingerprint density at radius 3 is 2.48 bits per heavy atom. The quantitative estimate of drug-likeness (QED) is 0.671. The zero-order valence-corrected chi connectivity index (χ0v) is 13.1. The van der Waals surface area contributed by atoms with E-state index in [2.05, 4.69) is 10.6 Å². The molecule has 6 heteroatoms. The maximum Gasteiger partial charge on any atom is 0.408 e. The Kier molecular flexibility index (Phi) is 6.68. The molecular formula is C15H26N2O4. The highest BCUT2D eigenvalue weighted by molar-refractivity contribution is 5.82. The van der Waals surface area contributed by atoms with Gasteiger partial charge < -0.3 is 20.5 Å². The first-order valence-corrected chi connectivity index (χ1v) is 7.37. The van der Waals surface area contributed by atoms with Crippen LogP contribution in [0.25, 0.3) is 0 Å². The molecule has 0 aromatic carbocycles. The minimum Gasteiger partial charge on any atom is -0.444 e. The summed E-state index contributed by atoms with van der Waals surface area (Å²) in [5.74, 6) is -0.352. The van der Waals surface area contributed by atoms with Crippen LogP contribution in [0.1, 0.15) is 46.5 Å². The van der Waals surface area contributed by atoms with Gasteiger partial charge in [0, 0.05) is 0 Å². The predicted octanol–water partition coefficient (Wildman–Crippen LogP) is 1.49. The standard InChI is InChI=1S/C15H26N2O4/c1-15(2,3)21-14(20)16-9-13(19)17-12(10-18)8-11-6-4-5-7-11/h8,12,18H,4-7,9-10H2,1-3H3,(H,16,20)(H,17,19)/t12-/m0/s1. The summed E-state index contributed by atoms with van der Waals surface area (Å²) in [5.41, 5.74) is 0.676. The third-order valence-electron chi connectivity index (χ3n) is 3.02. The first-order valence-electron chi connectivity index (χ1n) is 7.37. The molecule has 3 N–H and O–H groups in total. The number of ether oxygens (including phenoxy) is 1. The van der Waals surface area contributed by atoms with Gasteiger partial charge in [-0.2, -0.15) is 0 Å². The van der Waals surface area contributed by atoms with Gasteiger partial charge in [0.05, 0.1) is 12.6 Å². The summed E-state index contributed by atoms with van der Waals surface area (Å²) in [4.78, 5) is 23.2. The van der Waals surface area contributed by atoms with Gasteiger partial charge in [-0.15, -0.1) is 0 Å². The van der Waals surface area contributed by atoms with E-state index < -0.39 is 17.7 Å². The molecule has 1 aliphatic rings. The summed E-state index contributed by atoms with van der Waals surface area (Å²) in [7, 11) is 0. The Balaban J connectivity index is 2.34. The molecule has 0 bridgehead atoms. The van der Waals surface area contributed by atoms with Gasteiger partial charge in [0.1, 0.15) is 12.1 Å². The zero-order valence-electron chi connectivity index (χ0n) is 13.1. The lowest BCUT2D eigenvalue weighted by Crippen LogP contribution is -2.44. The number of aliphatic hydroxyl groups excluding tert-OH is 1. The van der Waals surface area contributed by atoms with Crippen LogP contribution < -0.4 is 10.6 Å². The first kappa shape index (κ1) is 17.5. The second-order valence-electron chi connectivity index (χ2n) is 6.24. The van der Waals surface area contributed by atoms with E-state index in [0.717, 1.165) is 25.7 Å². The van der Waals surface area contributed by atoms with Gasteiger partial charge in [-0.05, 0) is 46.5 Å². The van der Waals surface area contributed by atoms with Crippen LogP contribution in [-0.2, 0) is 9.53 Å². The van der Waals surface area contributed by atoms with Crippen LogP contribution in [-0.4, -0.2) is 41.9 Å². The Morgan fingerprint density at radius 1 is 1.33 bits per heavy atom. The monoisotopic (exact) mass is 298 g/mol. The highest BCUT2D eigenvalue weighted by Crippen LogP contribution is 2.23. The number of rotatable bonds is 5. The molecule has 2 amide bonds. The Hall–Kier alpha value is -1.56. The molecule has 0 radical (unpaired) electrons. The van der Waals surface area contributed by atoms with Crippen molar-refractivity contribution >= 4 is 12.0 Å². The Morgan fingerprint density at radius 2 is 1.95 bits per heavy atom. The van der Waals surface area contributed by atoms with E-state index in [-0.39, 0.29) is 19.1 Å². The fourth-order valence-corrected chi connectivity index (χ4v) is 2.14. The highest BCUT2D eigenvalue weighted by atomic mass is 16.6. The first-order chi connectivity index (χ1) is 9.80. The molecule has 6 nitrogen and oxygen atoms in total. The van der Waals surface area contributed by atoms with Crippen molar-refractivity contribution in [2.45, 2.75) is 58.1 Å². The molecule has 1 aliphatic carbocycles. The average molecular weight is 298 g/mol. The molecule has 1 atom stereocenters. The van der Waals surface area contributed by atoms with Crippen LogP contribution in [0.15, 0.2) is 11.6 Å². The van der Waals surface area contributed by atoms with Gasteiger partial charge in [-0.25, -0.2) is 4.79 Å². The highest BCUT2D eigenvalue weighted by Gasteiger charge is 2.17. The van der Waals surface area contributed by atoms with Crippen molar-refractivity contribution in [3.05, 3.63) is 11.6 Å². The molecule has 0 heterocycles. The van der Waals surface area contributed by atoms with E-state index in [4.69, 9.17) is 4.74 Å². The average Bonchev–Trinajstić information content (AvgIpc) is 2.86. The van der Waals surface area contributed by atoms with Gasteiger partial charge in [-0.3, -0.25) is 4.79 Å². The number of carbonyl (C=O) groups is 2. The predicted molar refractivity (Wildman–Crippen MR) is 79.8 cm³/mol. The van der Waals surface area contributed by atoms with E-state index in [1.54, 1.807) is 20.8 Å². The summed E-state index contributed by atoms with van der Waals surface area (Å²) < 4.78 is 5.04. The molecule has 0 aliphatic heterocycles. The van der Waals surface area contributed by atoms with Gasteiger partial charge in [0.2, 0.25) is 5.91 Å². The Bertz CT molecular complexity index is 391. The Labute approximate surface area is 125 Å². The van der Waals surface area contributed by atoms with E-state index in [1.807, 2.05) is 6.08 Å². The van der Waals surface area contributed by atoms with Crippen LogP contribution in [0.5, 0.6) is 0 Å². The molecule has 1 saturated carbocycles. The molecule has 1 rings (SSSR count). The van der Waals surface area contributed by atoms with Crippen LogP contribution in [0.3, 0.4) is 0 Å². The third kappa shape index (κ3) is 7.70. The third-order valence-corrected chi connectivity index (χ3v) is 3.02. The van der Waals surface area contributed by atoms with Crippen molar-refractivity contribution in [3.8, 4) is 0 Å². The van der Waals surface area contributed by atoms with Gasteiger partial charge >= 0.3 is 6.09 Å². The fourth-order valence-electron chi connectivity index (χ4n) is 2.14. The minimum absolute atomic E-state index is 0.151. The molecule has 0 spiro atoms. The zero-order chi connectivity index (χ0) is 15.9. The van der Waals surface area contributed by atoms with Crippen LogP contribution in [0, 0.1) is 0 Å². The van der Waals surface area contributed by atoms with Crippen molar-refractivity contribution in [1.82, 2.24) is 10.6 Å². The maximum absolute atomic E-state index is 11.7. The number of aliphatic hydroxyl groups is 1. The van der Waals surface area contributed by atoms with Crippen LogP contribution in [0.2, 0.25) is 0 Å². The lowest BCUT2D eigenvalue weighted by Gasteiger charge is -2.20. The summed E-state index contributed by atoms with van der Waals surface area (Å²) >= 11 is 0. The number of alkyl carbamates (subject to hydrolysis) is 1. The van der Waals surface area contributed by atoms with E-state index in [9.17, 15) is 14.7 Å². The smallest absolute Gasteiger partial charge is 0.408 e. The second kappa shape index (κ2) is 8.02. The largest absolute Gasteiger partial charge is 0.444 e. The topological polar surface area (TPSA) is 87.7 Å². The molecule has 0 unspecified atom stereocenters. The summed E-state index contributed by atoms with van der Waals surface area (Å²) in [6.45, 7) is 4.93. The van der Waals surface area contributed by atoms with Crippen LogP contribution >= 0.6 is 0 Å². The molecule has 1 fully saturated rings. The molecule has 120 valence electrons. The molecule has 0 aromatic heterocycles. The van der Waals surface area contributed by atoms with Gasteiger partial charge in [0.15, 0.2) is 0 Å². The van der Waals surface area contributed by atoms with Gasteiger partial charge in [-0.1, -0.05) is 11.6 Å².